The van der Waals surface area contributed by atoms with E-state index >= 15 is 0 Å². The summed E-state index contributed by atoms with van der Waals surface area (Å²) in [6.07, 6.45) is 3.87. The van der Waals surface area contributed by atoms with Gasteiger partial charge in [0.1, 0.15) is 0 Å². The first kappa shape index (κ1) is 14.5. The molecule has 1 aromatic carbocycles. The van der Waals surface area contributed by atoms with E-state index in [0.29, 0.717) is 4.90 Å². The predicted molar refractivity (Wildman–Crippen MR) is 78.1 cm³/mol. The minimum absolute atomic E-state index is 0.100. The monoisotopic (exact) mass is 281 g/mol. The highest BCUT2D eigenvalue weighted by molar-refractivity contribution is 7.92. The first-order valence-electron chi connectivity index (χ1n) is 7.10. The lowest BCUT2D eigenvalue weighted by atomic mass is 9.95. The van der Waals surface area contributed by atoms with Crippen molar-refractivity contribution in [3.63, 3.8) is 0 Å². The van der Waals surface area contributed by atoms with Crippen LogP contribution >= 0.6 is 0 Å². The van der Waals surface area contributed by atoms with Crippen LogP contribution in [0.15, 0.2) is 29.2 Å². The summed E-state index contributed by atoms with van der Waals surface area (Å²) in [6, 6.07) is 7.41. The molecule has 0 amide bonds. The SMILES string of the molecule is CCNC1CCCCC1S(=O)(=O)c1ccccc1C. The molecule has 2 rings (SSSR count). The van der Waals surface area contributed by atoms with Crippen molar-refractivity contribution >= 4 is 9.84 Å². The lowest BCUT2D eigenvalue weighted by Gasteiger charge is -2.32. The zero-order valence-corrected chi connectivity index (χ0v) is 12.5. The maximum Gasteiger partial charge on any atom is 0.183 e. The quantitative estimate of drug-likeness (QED) is 0.923. The molecule has 2 unspecified atom stereocenters. The molecule has 1 aromatic rings. The number of rotatable bonds is 4. The van der Waals surface area contributed by atoms with Gasteiger partial charge in [0.2, 0.25) is 0 Å². The van der Waals surface area contributed by atoms with Crippen molar-refractivity contribution in [2.45, 2.75) is 55.7 Å². The summed E-state index contributed by atoms with van der Waals surface area (Å²) < 4.78 is 25.7. The van der Waals surface area contributed by atoms with E-state index in [1.807, 2.05) is 32.0 Å². The van der Waals surface area contributed by atoms with Crippen LogP contribution in [0.25, 0.3) is 0 Å². The third kappa shape index (κ3) is 3.00. The zero-order valence-electron chi connectivity index (χ0n) is 11.7. The minimum atomic E-state index is -3.23. The predicted octanol–water partition coefficient (Wildman–Crippen LogP) is 2.69. The van der Waals surface area contributed by atoms with Crippen molar-refractivity contribution in [2.75, 3.05) is 6.54 Å². The van der Waals surface area contributed by atoms with E-state index < -0.39 is 9.84 Å². The van der Waals surface area contributed by atoms with E-state index in [1.165, 1.54) is 0 Å². The summed E-state index contributed by atoms with van der Waals surface area (Å²) in [5.41, 5.74) is 0.850. The largest absolute Gasteiger partial charge is 0.313 e. The Bertz CT molecular complexity index is 523. The van der Waals surface area contributed by atoms with E-state index in [0.717, 1.165) is 37.8 Å². The summed E-state index contributed by atoms with van der Waals surface area (Å²) in [7, 11) is -3.23. The number of benzene rings is 1. The number of sulfone groups is 1. The molecule has 19 heavy (non-hydrogen) atoms. The molecule has 0 radical (unpaired) electrons. The van der Waals surface area contributed by atoms with Crippen molar-refractivity contribution in [1.82, 2.24) is 5.32 Å². The van der Waals surface area contributed by atoms with Gasteiger partial charge in [-0.2, -0.15) is 0 Å². The molecule has 0 aliphatic heterocycles. The second-order valence-electron chi connectivity index (χ2n) is 5.30. The average Bonchev–Trinajstić information content (AvgIpc) is 2.40. The fourth-order valence-electron chi connectivity index (χ4n) is 3.00. The van der Waals surface area contributed by atoms with Crippen LogP contribution in [0.3, 0.4) is 0 Å². The Kier molecular flexibility index (Phi) is 4.63. The van der Waals surface area contributed by atoms with Gasteiger partial charge in [-0.3, -0.25) is 0 Å². The molecule has 0 heterocycles. The van der Waals surface area contributed by atoms with Gasteiger partial charge in [-0.05, 0) is 37.9 Å². The molecular formula is C15H23NO2S. The van der Waals surface area contributed by atoms with E-state index in [4.69, 9.17) is 0 Å². The van der Waals surface area contributed by atoms with E-state index in [-0.39, 0.29) is 11.3 Å². The zero-order chi connectivity index (χ0) is 13.9. The van der Waals surface area contributed by atoms with Gasteiger partial charge >= 0.3 is 0 Å². The lowest BCUT2D eigenvalue weighted by molar-refractivity contribution is 0.376. The van der Waals surface area contributed by atoms with E-state index in [2.05, 4.69) is 5.32 Å². The van der Waals surface area contributed by atoms with Crippen molar-refractivity contribution < 1.29 is 8.42 Å². The van der Waals surface area contributed by atoms with Gasteiger partial charge in [0.15, 0.2) is 9.84 Å². The Morgan fingerprint density at radius 1 is 1.21 bits per heavy atom. The second-order valence-corrected chi connectivity index (χ2v) is 7.43. The summed E-state index contributed by atoms with van der Waals surface area (Å²) in [4.78, 5) is 0.504. The van der Waals surface area contributed by atoms with Crippen LogP contribution in [-0.2, 0) is 9.84 Å². The minimum Gasteiger partial charge on any atom is -0.313 e. The van der Waals surface area contributed by atoms with Crippen molar-refractivity contribution in [2.24, 2.45) is 0 Å². The molecule has 2 atom stereocenters. The van der Waals surface area contributed by atoms with E-state index in [1.54, 1.807) is 6.07 Å². The molecular weight excluding hydrogens is 258 g/mol. The van der Waals surface area contributed by atoms with Gasteiger partial charge in [-0.25, -0.2) is 8.42 Å². The molecule has 3 nitrogen and oxygen atoms in total. The molecule has 0 bridgehead atoms. The van der Waals surface area contributed by atoms with Crippen molar-refractivity contribution in [3.05, 3.63) is 29.8 Å². The first-order valence-corrected chi connectivity index (χ1v) is 8.65. The second kappa shape index (κ2) is 6.06. The van der Waals surface area contributed by atoms with Crippen LogP contribution in [0.1, 0.15) is 38.2 Å². The van der Waals surface area contributed by atoms with Crippen molar-refractivity contribution in [1.29, 1.82) is 0 Å². The van der Waals surface area contributed by atoms with Gasteiger partial charge in [0.05, 0.1) is 10.1 Å². The molecule has 1 aliphatic rings. The van der Waals surface area contributed by atoms with Gasteiger partial charge < -0.3 is 5.32 Å². The molecule has 1 N–H and O–H groups in total. The van der Waals surface area contributed by atoms with Gasteiger partial charge in [-0.15, -0.1) is 0 Å². The molecule has 4 heteroatoms. The molecule has 0 aromatic heterocycles. The smallest absolute Gasteiger partial charge is 0.183 e. The number of nitrogens with one attached hydrogen (secondary N) is 1. The van der Waals surface area contributed by atoms with Crippen LogP contribution in [0, 0.1) is 6.92 Å². The summed E-state index contributed by atoms with van der Waals surface area (Å²) in [5, 5.41) is 3.08. The normalized spacial score (nSPS) is 24.3. The fourth-order valence-corrected chi connectivity index (χ4v) is 5.26. The first-order chi connectivity index (χ1) is 9.07. The Hall–Kier alpha value is -0.870. The van der Waals surface area contributed by atoms with Crippen LogP contribution in [0.5, 0.6) is 0 Å². The number of hydrogen-bond donors (Lipinski definition) is 1. The van der Waals surface area contributed by atoms with Gasteiger partial charge in [0, 0.05) is 6.04 Å². The molecule has 0 saturated heterocycles. The Morgan fingerprint density at radius 2 is 1.89 bits per heavy atom. The topological polar surface area (TPSA) is 46.2 Å². The Balaban J connectivity index is 2.35. The van der Waals surface area contributed by atoms with Crippen LogP contribution in [0.4, 0.5) is 0 Å². The number of aryl methyl sites for hydroxylation is 1. The Labute approximate surface area is 116 Å². The maximum atomic E-state index is 12.9. The summed E-state index contributed by atoms with van der Waals surface area (Å²) >= 11 is 0. The summed E-state index contributed by atoms with van der Waals surface area (Å²) in [5.74, 6) is 0. The number of hydrogen-bond acceptors (Lipinski definition) is 3. The molecule has 1 saturated carbocycles. The van der Waals surface area contributed by atoms with Crippen LogP contribution < -0.4 is 5.32 Å². The van der Waals surface area contributed by atoms with Gasteiger partial charge in [-0.1, -0.05) is 38.0 Å². The Morgan fingerprint density at radius 3 is 2.58 bits per heavy atom. The average molecular weight is 281 g/mol. The van der Waals surface area contributed by atoms with Crippen LogP contribution in [0.2, 0.25) is 0 Å². The third-order valence-corrected chi connectivity index (χ3v) is 6.40. The highest BCUT2D eigenvalue weighted by Crippen LogP contribution is 2.30. The highest BCUT2D eigenvalue weighted by atomic mass is 32.2. The van der Waals surface area contributed by atoms with Gasteiger partial charge in [0.25, 0.3) is 0 Å². The molecule has 106 valence electrons. The molecule has 0 spiro atoms. The van der Waals surface area contributed by atoms with Crippen LogP contribution in [-0.4, -0.2) is 26.3 Å². The fraction of sp³-hybridized carbons (Fsp3) is 0.600. The van der Waals surface area contributed by atoms with Crippen molar-refractivity contribution in [3.8, 4) is 0 Å². The lowest BCUT2D eigenvalue weighted by Crippen LogP contribution is -2.46. The van der Waals surface area contributed by atoms with E-state index in [9.17, 15) is 8.42 Å². The maximum absolute atomic E-state index is 12.9. The molecule has 1 aliphatic carbocycles. The standard InChI is InChI=1S/C15H23NO2S/c1-3-16-13-9-5-7-11-15(13)19(17,18)14-10-6-4-8-12(14)2/h4,6,8,10,13,15-16H,3,5,7,9,11H2,1-2H3. The third-order valence-electron chi connectivity index (χ3n) is 3.97. The highest BCUT2D eigenvalue weighted by Gasteiger charge is 2.36. The molecule has 1 fully saturated rings. The summed E-state index contributed by atoms with van der Waals surface area (Å²) in [6.45, 7) is 4.73.